The summed E-state index contributed by atoms with van der Waals surface area (Å²) in [6.07, 6.45) is 0. The summed E-state index contributed by atoms with van der Waals surface area (Å²) in [6, 6.07) is 17.9. The van der Waals surface area contributed by atoms with Crippen LogP contribution >= 0.6 is 0 Å². The smallest absolute Gasteiger partial charge is 0.133 e. The number of benzene rings is 2. The highest BCUT2D eigenvalue weighted by Crippen LogP contribution is 2.47. The average molecular weight is 467 g/mol. The highest BCUT2D eigenvalue weighted by atomic mass is 17.2. The SMILES string of the molecule is CC(C)c1ccc(C(OOC(c2ccc(C(C)C)cc2)(C(C)C)C(C)C)(C(C)C)C(C)C)cc1. The first kappa shape index (κ1) is 28.6. The van der Waals surface area contributed by atoms with Gasteiger partial charge in [-0.3, -0.25) is 0 Å². The van der Waals surface area contributed by atoms with Gasteiger partial charge in [-0.05, 0) is 57.8 Å². The lowest BCUT2D eigenvalue weighted by atomic mass is 9.74. The molecule has 0 radical (unpaired) electrons. The zero-order chi connectivity index (χ0) is 25.8. The van der Waals surface area contributed by atoms with Crippen LogP contribution in [0.25, 0.3) is 0 Å². The minimum atomic E-state index is -0.553. The van der Waals surface area contributed by atoms with E-state index in [1.54, 1.807) is 0 Å². The van der Waals surface area contributed by atoms with E-state index in [2.05, 4.69) is 132 Å². The molecular weight excluding hydrogens is 416 g/mol. The quantitative estimate of drug-likeness (QED) is 0.242. The first-order valence-electron chi connectivity index (χ1n) is 13.4. The molecule has 190 valence electrons. The molecule has 0 aliphatic heterocycles. The minimum Gasteiger partial charge on any atom is -0.224 e. The van der Waals surface area contributed by atoms with Crippen molar-refractivity contribution in [3.8, 4) is 0 Å². The third-order valence-electron chi connectivity index (χ3n) is 7.81. The van der Waals surface area contributed by atoms with Crippen LogP contribution in [0.15, 0.2) is 48.5 Å². The molecule has 34 heavy (non-hydrogen) atoms. The Labute approximate surface area is 210 Å². The van der Waals surface area contributed by atoms with Crippen molar-refractivity contribution in [1.82, 2.24) is 0 Å². The van der Waals surface area contributed by atoms with Gasteiger partial charge in [-0.15, -0.1) is 0 Å². The first-order chi connectivity index (χ1) is 15.8. The number of hydrogen-bond acceptors (Lipinski definition) is 2. The van der Waals surface area contributed by atoms with Gasteiger partial charge in [0.1, 0.15) is 11.2 Å². The van der Waals surface area contributed by atoms with Crippen molar-refractivity contribution in [2.75, 3.05) is 0 Å². The van der Waals surface area contributed by atoms with Gasteiger partial charge in [0.25, 0.3) is 0 Å². The van der Waals surface area contributed by atoms with Crippen molar-refractivity contribution in [2.24, 2.45) is 23.7 Å². The zero-order valence-electron chi connectivity index (χ0n) is 23.9. The Hall–Kier alpha value is -1.64. The maximum atomic E-state index is 6.76. The molecule has 0 unspecified atom stereocenters. The van der Waals surface area contributed by atoms with Crippen LogP contribution in [0, 0.1) is 23.7 Å². The van der Waals surface area contributed by atoms with E-state index in [0.717, 1.165) is 0 Å². The summed E-state index contributed by atoms with van der Waals surface area (Å²) in [5, 5.41) is 0. The van der Waals surface area contributed by atoms with Crippen LogP contribution in [0.3, 0.4) is 0 Å². The van der Waals surface area contributed by atoms with E-state index in [0.29, 0.717) is 11.8 Å². The second-order valence-corrected chi connectivity index (χ2v) is 11.9. The molecule has 0 N–H and O–H groups in total. The summed E-state index contributed by atoms with van der Waals surface area (Å²) in [7, 11) is 0. The van der Waals surface area contributed by atoms with Crippen molar-refractivity contribution >= 4 is 0 Å². The van der Waals surface area contributed by atoms with Crippen molar-refractivity contribution in [3.63, 3.8) is 0 Å². The lowest BCUT2D eigenvalue weighted by molar-refractivity contribution is -0.455. The third kappa shape index (κ3) is 5.44. The Kier molecular flexibility index (Phi) is 9.59. The van der Waals surface area contributed by atoms with Crippen LogP contribution in [0.4, 0.5) is 0 Å². The predicted octanol–water partition coefficient (Wildman–Crippen LogP) is 9.60. The zero-order valence-corrected chi connectivity index (χ0v) is 23.9. The summed E-state index contributed by atoms with van der Waals surface area (Å²) < 4.78 is 0. The van der Waals surface area contributed by atoms with Gasteiger partial charge in [-0.2, -0.15) is 0 Å². The van der Waals surface area contributed by atoms with Gasteiger partial charge >= 0.3 is 0 Å². The normalized spacial score (nSPS) is 13.4. The van der Waals surface area contributed by atoms with Gasteiger partial charge < -0.3 is 0 Å². The summed E-state index contributed by atoms with van der Waals surface area (Å²) in [4.78, 5) is 13.5. The Bertz CT molecular complexity index is 779. The van der Waals surface area contributed by atoms with Crippen LogP contribution in [-0.4, -0.2) is 0 Å². The lowest BCUT2D eigenvalue weighted by Crippen LogP contribution is -2.47. The fraction of sp³-hybridized carbons (Fsp3) is 0.625. The highest BCUT2D eigenvalue weighted by Gasteiger charge is 2.48. The molecule has 2 heteroatoms. The summed E-state index contributed by atoms with van der Waals surface area (Å²) in [5.41, 5.74) is 3.94. The first-order valence-corrected chi connectivity index (χ1v) is 13.4. The Balaban J connectivity index is 2.57. The molecule has 2 aromatic rings. The molecular formula is C32H50O2. The number of hydrogen-bond donors (Lipinski definition) is 0. The molecule has 2 aromatic carbocycles. The lowest BCUT2D eigenvalue weighted by Gasteiger charge is -2.46. The fourth-order valence-corrected chi connectivity index (χ4v) is 5.54. The second-order valence-electron chi connectivity index (χ2n) is 11.9. The van der Waals surface area contributed by atoms with Crippen molar-refractivity contribution in [1.29, 1.82) is 0 Å². The van der Waals surface area contributed by atoms with Crippen LogP contribution < -0.4 is 0 Å². The summed E-state index contributed by atoms with van der Waals surface area (Å²) in [5.74, 6) is 1.94. The molecule has 0 aliphatic rings. The molecule has 2 nitrogen and oxygen atoms in total. The Morgan fingerprint density at radius 3 is 0.824 bits per heavy atom. The molecule has 0 bridgehead atoms. The maximum Gasteiger partial charge on any atom is 0.133 e. The Morgan fingerprint density at radius 1 is 0.412 bits per heavy atom. The molecule has 2 rings (SSSR count). The highest BCUT2D eigenvalue weighted by molar-refractivity contribution is 5.31. The van der Waals surface area contributed by atoms with Gasteiger partial charge in [0.05, 0.1) is 0 Å². The predicted molar refractivity (Wildman–Crippen MR) is 146 cm³/mol. The molecule has 0 heterocycles. The van der Waals surface area contributed by atoms with Gasteiger partial charge in [0.15, 0.2) is 0 Å². The Morgan fingerprint density at radius 2 is 0.647 bits per heavy atom. The van der Waals surface area contributed by atoms with Gasteiger partial charge in [-0.25, -0.2) is 9.78 Å². The van der Waals surface area contributed by atoms with Crippen LogP contribution in [0.1, 0.15) is 117 Å². The van der Waals surface area contributed by atoms with Gasteiger partial charge in [-0.1, -0.05) is 132 Å². The van der Waals surface area contributed by atoms with Gasteiger partial charge in [0.2, 0.25) is 0 Å². The monoisotopic (exact) mass is 466 g/mol. The van der Waals surface area contributed by atoms with Gasteiger partial charge in [0, 0.05) is 0 Å². The average Bonchev–Trinajstić information content (AvgIpc) is 2.76. The second kappa shape index (κ2) is 11.4. The van der Waals surface area contributed by atoms with E-state index >= 15 is 0 Å². The molecule has 0 atom stereocenters. The fourth-order valence-electron chi connectivity index (χ4n) is 5.54. The molecule has 0 amide bonds. The van der Waals surface area contributed by atoms with Crippen LogP contribution in [0.5, 0.6) is 0 Å². The molecule has 0 spiro atoms. The molecule has 0 fully saturated rings. The molecule has 0 saturated heterocycles. The van der Waals surface area contributed by atoms with E-state index < -0.39 is 11.2 Å². The van der Waals surface area contributed by atoms with Crippen molar-refractivity contribution in [2.45, 2.75) is 106 Å². The van der Waals surface area contributed by atoms with E-state index in [1.165, 1.54) is 22.3 Å². The van der Waals surface area contributed by atoms with E-state index in [4.69, 9.17) is 9.78 Å². The summed E-state index contributed by atoms with van der Waals surface area (Å²) in [6.45, 7) is 26.8. The topological polar surface area (TPSA) is 18.5 Å². The standard InChI is InChI=1S/C32H50O2/c1-21(2)27-13-17-29(18-14-27)31(23(5)6,24(7)8)33-34-32(25(9)10,26(11)12)30-19-15-28(16-20-30)22(3)4/h13-26H,1-12H3. The number of rotatable bonds is 11. The minimum absolute atomic E-state index is 0.234. The van der Waals surface area contributed by atoms with E-state index in [-0.39, 0.29) is 23.7 Å². The van der Waals surface area contributed by atoms with Crippen LogP contribution in [-0.2, 0) is 21.0 Å². The molecule has 0 aliphatic carbocycles. The van der Waals surface area contributed by atoms with E-state index in [1.807, 2.05) is 0 Å². The largest absolute Gasteiger partial charge is 0.224 e. The van der Waals surface area contributed by atoms with E-state index in [9.17, 15) is 0 Å². The van der Waals surface area contributed by atoms with Crippen molar-refractivity contribution < 1.29 is 9.78 Å². The summed E-state index contributed by atoms with van der Waals surface area (Å²) >= 11 is 0. The third-order valence-corrected chi connectivity index (χ3v) is 7.81. The maximum absolute atomic E-state index is 6.76. The van der Waals surface area contributed by atoms with Crippen molar-refractivity contribution in [3.05, 3.63) is 70.8 Å². The molecule has 0 saturated carbocycles. The van der Waals surface area contributed by atoms with Crippen LogP contribution in [0.2, 0.25) is 0 Å². The molecule has 0 aromatic heterocycles.